The van der Waals surface area contributed by atoms with E-state index in [4.69, 9.17) is 4.84 Å². The Morgan fingerprint density at radius 1 is 1.08 bits per heavy atom. The van der Waals surface area contributed by atoms with Crippen LogP contribution in [0.4, 0.5) is 5.69 Å². The zero-order valence-electron chi connectivity index (χ0n) is 15.3. The van der Waals surface area contributed by atoms with E-state index in [-0.39, 0.29) is 0 Å². The van der Waals surface area contributed by atoms with Crippen molar-refractivity contribution in [2.24, 2.45) is 5.92 Å². The van der Waals surface area contributed by atoms with Gasteiger partial charge in [-0.3, -0.25) is 0 Å². The van der Waals surface area contributed by atoms with Crippen LogP contribution in [0.2, 0.25) is 0 Å². The molecule has 3 aliphatic rings. The number of hydroxylamine groups is 2. The molecule has 3 heteroatoms. The van der Waals surface area contributed by atoms with Gasteiger partial charge in [0.25, 0.3) is 0 Å². The molecule has 0 fully saturated rings. The maximum absolute atomic E-state index is 6.01. The second kappa shape index (κ2) is 7.12. The summed E-state index contributed by atoms with van der Waals surface area (Å²) in [6.45, 7) is 6.41. The lowest BCUT2D eigenvalue weighted by Gasteiger charge is -2.23. The van der Waals surface area contributed by atoms with Crippen LogP contribution in [0, 0.1) is 5.92 Å². The van der Waals surface area contributed by atoms with Gasteiger partial charge >= 0.3 is 0 Å². The standard InChI is InChI=1S/C23H24N2O/c1-3-24(4-2)20-11-9-18(10-12-20)13-15-25-16-14-22-21-8-6-5-7-19(21)17-23(22)26-25/h5-17,21H,3-4H2,1-2H3. The molecule has 1 atom stereocenters. The van der Waals surface area contributed by atoms with Crippen molar-refractivity contribution >= 4 is 11.8 Å². The van der Waals surface area contributed by atoms with Crippen LogP contribution in [0.25, 0.3) is 6.08 Å². The van der Waals surface area contributed by atoms with E-state index in [1.807, 2.05) is 12.4 Å². The fraction of sp³-hybridized carbons (Fsp3) is 0.217. The van der Waals surface area contributed by atoms with Gasteiger partial charge in [-0.1, -0.05) is 36.4 Å². The average Bonchev–Trinajstić information content (AvgIpc) is 3.06. The number of rotatable bonds is 5. The Hall–Kier alpha value is -2.94. The van der Waals surface area contributed by atoms with Gasteiger partial charge in [0.1, 0.15) is 0 Å². The molecule has 0 bridgehead atoms. The first-order valence-corrected chi connectivity index (χ1v) is 9.27. The highest BCUT2D eigenvalue weighted by molar-refractivity contribution is 5.57. The van der Waals surface area contributed by atoms with Crippen molar-refractivity contribution in [1.82, 2.24) is 5.06 Å². The Bertz CT molecular complexity index is 849. The topological polar surface area (TPSA) is 15.7 Å². The van der Waals surface area contributed by atoms with E-state index >= 15 is 0 Å². The van der Waals surface area contributed by atoms with Crippen LogP contribution in [0.1, 0.15) is 19.4 Å². The van der Waals surface area contributed by atoms with Gasteiger partial charge in [0, 0.05) is 42.7 Å². The molecule has 4 rings (SSSR count). The molecule has 1 aliphatic heterocycles. The molecule has 0 N–H and O–H groups in total. The van der Waals surface area contributed by atoms with E-state index in [1.165, 1.54) is 16.8 Å². The first kappa shape index (κ1) is 16.5. The molecule has 2 aliphatic carbocycles. The van der Waals surface area contributed by atoms with Crippen LogP contribution in [-0.4, -0.2) is 18.2 Å². The molecule has 0 saturated heterocycles. The molecule has 132 valence electrons. The van der Waals surface area contributed by atoms with Gasteiger partial charge in [-0.25, -0.2) is 0 Å². The summed E-state index contributed by atoms with van der Waals surface area (Å²) in [6, 6.07) is 8.63. The van der Waals surface area contributed by atoms with Crippen LogP contribution < -0.4 is 4.90 Å². The van der Waals surface area contributed by atoms with E-state index < -0.39 is 0 Å². The quantitative estimate of drug-likeness (QED) is 0.730. The smallest absolute Gasteiger partial charge is 0.160 e. The second-order valence-electron chi connectivity index (χ2n) is 6.53. The highest BCUT2D eigenvalue weighted by Crippen LogP contribution is 2.39. The fourth-order valence-electron chi connectivity index (χ4n) is 3.55. The van der Waals surface area contributed by atoms with E-state index in [0.717, 1.165) is 24.4 Å². The van der Waals surface area contributed by atoms with Crippen LogP contribution in [0.15, 0.2) is 90.0 Å². The summed E-state index contributed by atoms with van der Waals surface area (Å²) in [6.07, 6.45) is 18.8. The fourth-order valence-corrected chi connectivity index (χ4v) is 3.55. The van der Waals surface area contributed by atoms with Crippen molar-refractivity contribution in [2.75, 3.05) is 18.0 Å². The maximum atomic E-state index is 6.01. The number of hydrogen-bond donors (Lipinski definition) is 0. The summed E-state index contributed by atoms with van der Waals surface area (Å²) < 4.78 is 0. The Labute approximate surface area is 155 Å². The molecule has 0 saturated carbocycles. The third kappa shape index (κ3) is 3.13. The van der Waals surface area contributed by atoms with E-state index in [2.05, 4.69) is 85.5 Å². The number of fused-ring (bicyclic) bond motifs is 2. The Morgan fingerprint density at radius 2 is 1.88 bits per heavy atom. The van der Waals surface area contributed by atoms with Gasteiger partial charge in [-0.05, 0) is 55.3 Å². The van der Waals surface area contributed by atoms with Gasteiger partial charge in [-0.2, -0.15) is 5.06 Å². The number of benzene rings is 1. The third-order valence-corrected chi connectivity index (χ3v) is 5.02. The molecular weight excluding hydrogens is 320 g/mol. The van der Waals surface area contributed by atoms with Crippen molar-refractivity contribution in [1.29, 1.82) is 0 Å². The third-order valence-electron chi connectivity index (χ3n) is 5.02. The lowest BCUT2D eigenvalue weighted by molar-refractivity contribution is -0.0280. The van der Waals surface area contributed by atoms with Crippen molar-refractivity contribution in [3.05, 3.63) is 95.6 Å². The van der Waals surface area contributed by atoms with E-state index in [1.54, 1.807) is 5.06 Å². The molecule has 0 spiro atoms. The van der Waals surface area contributed by atoms with Crippen molar-refractivity contribution in [3.8, 4) is 0 Å². The molecule has 26 heavy (non-hydrogen) atoms. The number of anilines is 1. The largest absolute Gasteiger partial charge is 0.375 e. The Morgan fingerprint density at radius 3 is 2.65 bits per heavy atom. The summed E-state index contributed by atoms with van der Waals surface area (Å²) in [5, 5.41) is 1.76. The van der Waals surface area contributed by atoms with Crippen molar-refractivity contribution in [2.45, 2.75) is 13.8 Å². The van der Waals surface area contributed by atoms with Gasteiger partial charge < -0.3 is 9.74 Å². The summed E-state index contributed by atoms with van der Waals surface area (Å²) in [4.78, 5) is 8.35. The molecule has 3 nitrogen and oxygen atoms in total. The first-order valence-electron chi connectivity index (χ1n) is 9.27. The predicted molar refractivity (Wildman–Crippen MR) is 108 cm³/mol. The van der Waals surface area contributed by atoms with Crippen molar-refractivity contribution < 1.29 is 4.84 Å². The predicted octanol–water partition coefficient (Wildman–Crippen LogP) is 5.20. The van der Waals surface area contributed by atoms with Crippen LogP contribution in [0.5, 0.6) is 0 Å². The average molecular weight is 344 g/mol. The van der Waals surface area contributed by atoms with Gasteiger partial charge in [0.05, 0.1) is 0 Å². The van der Waals surface area contributed by atoms with Crippen LogP contribution in [-0.2, 0) is 4.84 Å². The second-order valence-corrected chi connectivity index (χ2v) is 6.53. The van der Waals surface area contributed by atoms with Crippen LogP contribution >= 0.6 is 0 Å². The molecule has 1 aromatic carbocycles. The van der Waals surface area contributed by atoms with Gasteiger partial charge in [-0.15, -0.1) is 0 Å². The minimum absolute atomic E-state index is 0.338. The van der Waals surface area contributed by atoms with Gasteiger partial charge in [0.2, 0.25) is 0 Å². The van der Waals surface area contributed by atoms with Gasteiger partial charge in [0.15, 0.2) is 5.76 Å². The zero-order valence-corrected chi connectivity index (χ0v) is 15.3. The van der Waals surface area contributed by atoms with Crippen molar-refractivity contribution in [3.63, 3.8) is 0 Å². The lowest BCUT2D eigenvalue weighted by atomic mass is 9.92. The van der Waals surface area contributed by atoms with E-state index in [9.17, 15) is 0 Å². The Kier molecular flexibility index (Phi) is 4.53. The first-order chi connectivity index (χ1) is 12.8. The molecule has 0 amide bonds. The SMILES string of the molecule is CCN(CC)c1ccc(C=CN2C=CC3=C(C=C4C=CC=CC43)O2)cc1. The molecule has 1 heterocycles. The molecular formula is C23H24N2O. The molecule has 1 unspecified atom stereocenters. The highest BCUT2D eigenvalue weighted by atomic mass is 16.7. The van der Waals surface area contributed by atoms with Crippen LogP contribution in [0.3, 0.4) is 0 Å². The summed E-state index contributed by atoms with van der Waals surface area (Å²) >= 11 is 0. The monoisotopic (exact) mass is 344 g/mol. The zero-order chi connectivity index (χ0) is 17.9. The minimum atomic E-state index is 0.338. The number of hydrogen-bond acceptors (Lipinski definition) is 3. The van der Waals surface area contributed by atoms with E-state index in [0.29, 0.717) is 5.92 Å². The maximum Gasteiger partial charge on any atom is 0.160 e. The lowest BCUT2D eigenvalue weighted by Crippen LogP contribution is -2.21. The minimum Gasteiger partial charge on any atom is -0.375 e. The highest BCUT2D eigenvalue weighted by Gasteiger charge is 2.28. The summed E-state index contributed by atoms with van der Waals surface area (Å²) in [5.74, 6) is 1.27. The summed E-state index contributed by atoms with van der Waals surface area (Å²) in [5.41, 5.74) is 4.94. The number of allylic oxidation sites excluding steroid dienone is 8. The normalized spacial score (nSPS) is 20.3. The summed E-state index contributed by atoms with van der Waals surface area (Å²) in [7, 11) is 0. The molecule has 0 radical (unpaired) electrons. The molecule has 0 aromatic heterocycles. The number of nitrogens with zero attached hydrogens (tertiary/aromatic N) is 2. The Balaban J connectivity index is 1.43. The molecule has 1 aromatic rings.